The number of rotatable bonds is 23. The summed E-state index contributed by atoms with van der Waals surface area (Å²) < 4.78 is 31.0. The second kappa shape index (κ2) is 20.0. The maximum atomic E-state index is 12.9. The molecule has 226 valence electrons. The minimum absolute atomic E-state index is 0.0927. The number of nitrogens with zero attached hydrogens (tertiary/aromatic N) is 1. The van der Waals surface area contributed by atoms with Crippen LogP contribution in [0.5, 0.6) is 5.75 Å². The number of unbranched alkanes of at least 4 members (excludes halogenated alkanes) is 13. The molecule has 0 bridgehead atoms. The fourth-order valence-corrected chi connectivity index (χ4v) is 7.32. The molecule has 1 amide bonds. The van der Waals surface area contributed by atoms with E-state index >= 15 is 0 Å². The molecule has 0 spiro atoms. The van der Waals surface area contributed by atoms with E-state index < -0.39 is 15.9 Å². The standard InChI is InChI=1S/C32H52N2O4S2/c1-4-7-9-10-11-12-13-14-15-16-17-18-19-21-27-22-20-23-28(25-27)38-29(6-3)31(35)34-32-33-26-30(39-32)40(36,37)24-8-5-2/h20,22-23,25-26,29H,4-19,21,24H2,1-3H3,(H,33,34,35). The summed E-state index contributed by atoms with van der Waals surface area (Å²) in [5.74, 6) is 0.447. The molecule has 0 saturated heterocycles. The lowest BCUT2D eigenvalue weighted by molar-refractivity contribution is -0.122. The number of aromatic nitrogens is 1. The molecule has 0 aliphatic carbocycles. The number of anilines is 1. The van der Waals surface area contributed by atoms with Crippen LogP contribution in [0.2, 0.25) is 0 Å². The lowest BCUT2D eigenvalue weighted by atomic mass is 10.0. The minimum atomic E-state index is -3.36. The second-order valence-corrected chi connectivity index (χ2v) is 14.2. The van der Waals surface area contributed by atoms with Gasteiger partial charge in [-0.3, -0.25) is 10.1 Å². The Hall–Kier alpha value is -1.93. The highest BCUT2D eigenvalue weighted by atomic mass is 32.2. The summed E-state index contributed by atoms with van der Waals surface area (Å²) in [7, 11) is -3.36. The van der Waals surface area contributed by atoms with Crippen LogP contribution in [0.15, 0.2) is 34.7 Å². The van der Waals surface area contributed by atoms with Gasteiger partial charge in [0.1, 0.15) is 9.96 Å². The first-order chi connectivity index (χ1) is 19.4. The van der Waals surface area contributed by atoms with Crippen LogP contribution < -0.4 is 10.1 Å². The summed E-state index contributed by atoms with van der Waals surface area (Å²) >= 11 is 0.991. The van der Waals surface area contributed by atoms with E-state index in [4.69, 9.17) is 4.74 Å². The monoisotopic (exact) mass is 592 g/mol. The largest absolute Gasteiger partial charge is 0.481 e. The SMILES string of the molecule is CCCCCCCCCCCCCCCc1cccc(OC(CC)C(=O)Nc2ncc(S(=O)(=O)CCCC)s2)c1. The van der Waals surface area contributed by atoms with Crippen molar-refractivity contribution in [3.8, 4) is 5.75 Å². The molecule has 1 N–H and O–H groups in total. The average molecular weight is 593 g/mol. The summed E-state index contributed by atoms with van der Waals surface area (Å²) in [6.45, 7) is 6.12. The van der Waals surface area contributed by atoms with Gasteiger partial charge in [0.2, 0.25) is 0 Å². The molecular formula is C32H52N2O4S2. The van der Waals surface area contributed by atoms with Crippen LogP contribution in [-0.4, -0.2) is 31.2 Å². The van der Waals surface area contributed by atoms with Gasteiger partial charge in [0, 0.05) is 0 Å². The number of carbonyl (C=O) groups is 1. The number of sulfone groups is 1. The predicted molar refractivity (Wildman–Crippen MR) is 168 cm³/mol. The van der Waals surface area contributed by atoms with E-state index in [1.807, 2.05) is 32.0 Å². The van der Waals surface area contributed by atoms with Crippen LogP contribution in [-0.2, 0) is 21.1 Å². The Kier molecular flexibility index (Phi) is 17.2. The van der Waals surface area contributed by atoms with Gasteiger partial charge < -0.3 is 4.74 Å². The average Bonchev–Trinajstić information content (AvgIpc) is 3.43. The van der Waals surface area contributed by atoms with Crippen LogP contribution >= 0.6 is 11.3 Å². The zero-order valence-corrected chi connectivity index (χ0v) is 26.7. The Labute approximate surface area is 247 Å². The van der Waals surface area contributed by atoms with Crippen molar-refractivity contribution in [2.45, 2.75) is 140 Å². The van der Waals surface area contributed by atoms with E-state index in [9.17, 15) is 13.2 Å². The maximum Gasteiger partial charge on any atom is 0.267 e. The van der Waals surface area contributed by atoms with E-state index in [0.717, 1.165) is 30.6 Å². The molecule has 8 heteroatoms. The first-order valence-corrected chi connectivity index (χ1v) is 18.1. The van der Waals surface area contributed by atoms with Crippen LogP contribution in [0.25, 0.3) is 0 Å². The molecule has 1 unspecified atom stereocenters. The lowest BCUT2D eigenvalue weighted by Gasteiger charge is -2.17. The van der Waals surface area contributed by atoms with E-state index in [2.05, 4.69) is 23.3 Å². The summed E-state index contributed by atoms with van der Waals surface area (Å²) in [5, 5.41) is 3.01. The topological polar surface area (TPSA) is 85.4 Å². The van der Waals surface area contributed by atoms with Crippen molar-refractivity contribution >= 4 is 32.2 Å². The molecule has 40 heavy (non-hydrogen) atoms. The highest BCUT2D eigenvalue weighted by Gasteiger charge is 2.22. The van der Waals surface area contributed by atoms with Crippen molar-refractivity contribution in [2.75, 3.05) is 11.1 Å². The second-order valence-electron chi connectivity index (χ2n) is 10.8. The Morgan fingerprint density at radius 2 is 1.48 bits per heavy atom. The van der Waals surface area contributed by atoms with Gasteiger partial charge in [-0.25, -0.2) is 13.4 Å². The van der Waals surface area contributed by atoms with Crippen LogP contribution in [0.1, 0.15) is 129 Å². The Bertz CT molecular complexity index is 1070. The zero-order valence-electron chi connectivity index (χ0n) is 25.1. The molecule has 0 aliphatic rings. The first kappa shape index (κ1) is 34.3. The maximum absolute atomic E-state index is 12.9. The van der Waals surface area contributed by atoms with Crippen molar-refractivity contribution < 1.29 is 17.9 Å². The van der Waals surface area contributed by atoms with Crippen molar-refractivity contribution in [1.82, 2.24) is 4.98 Å². The molecule has 2 aromatic rings. The number of nitrogens with one attached hydrogen (secondary N) is 1. The smallest absolute Gasteiger partial charge is 0.267 e. The predicted octanol–water partition coefficient (Wildman–Crippen LogP) is 9.15. The number of hydrogen-bond acceptors (Lipinski definition) is 6. The summed E-state index contributed by atoms with van der Waals surface area (Å²) in [4.78, 5) is 17.0. The molecule has 1 aromatic carbocycles. The number of carbonyl (C=O) groups excluding carboxylic acids is 1. The first-order valence-electron chi connectivity index (χ1n) is 15.6. The molecule has 2 rings (SSSR count). The lowest BCUT2D eigenvalue weighted by Crippen LogP contribution is -2.32. The number of amides is 1. The van der Waals surface area contributed by atoms with Gasteiger partial charge in [0.05, 0.1) is 11.9 Å². The van der Waals surface area contributed by atoms with E-state index in [-0.39, 0.29) is 21.0 Å². The van der Waals surface area contributed by atoms with E-state index in [1.165, 1.54) is 88.8 Å². The number of hydrogen-bond donors (Lipinski definition) is 1. The quantitative estimate of drug-likeness (QED) is 0.130. The van der Waals surface area contributed by atoms with Crippen molar-refractivity contribution in [1.29, 1.82) is 0 Å². The molecule has 6 nitrogen and oxygen atoms in total. The molecule has 0 aliphatic heterocycles. The van der Waals surface area contributed by atoms with Crippen molar-refractivity contribution in [2.24, 2.45) is 0 Å². The molecule has 0 radical (unpaired) electrons. The minimum Gasteiger partial charge on any atom is -0.481 e. The van der Waals surface area contributed by atoms with E-state index in [1.54, 1.807) is 0 Å². The third kappa shape index (κ3) is 13.6. The van der Waals surface area contributed by atoms with Gasteiger partial charge in [-0.2, -0.15) is 0 Å². The molecule has 0 saturated carbocycles. The zero-order chi connectivity index (χ0) is 29.1. The van der Waals surface area contributed by atoms with Crippen molar-refractivity contribution in [3.05, 3.63) is 36.0 Å². The highest BCUT2D eigenvalue weighted by molar-refractivity contribution is 7.93. The van der Waals surface area contributed by atoms with Crippen LogP contribution in [0.3, 0.4) is 0 Å². The summed E-state index contributed by atoms with van der Waals surface area (Å²) in [6.07, 6.45) is 21.0. The number of aryl methyl sites for hydroxylation is 1. The molecule has 1 atom stereocenters. The number of thiazole rings is 1. The fraction of sp³-hybridized carbons (Fsp3) is 0.688. The Morgan fingerprint density at radius 3 is 2.08 bits per heavy atom. The Balaban J connectivity index is 1.69. The fourth-order valence-electron chi connectivity index (χ4n) is 4.69. The highest BCUT2D eigenvalue weighted by Crippen LogP contribution is 2.25. The van der Waals surface area contributed by atoms with Gasteiger partial charge in [-0.05, 0) is 43.4 Å². The van der Waals surface area contributed by atoms with E-state index in [0.29, 0.717) is 18.6 Å². The summed E-state index contributed by atoms with van der Waals surface area (Å²) in [5.41, 5.74) is 1.22. The van der Waals surface area contributed by atoms with Crippen LogP contribution in [0, 0.1) is 0 Å². The van der Waals surface area contributed by atoms with Gasteiger partial charge in [-0.15, -0.1) is 0 Å². The molecule has 1 aromatic heterocycles. The molecule has 0 fully saturated rings. The number of benzene rings is 1. The Morgan fingerprint density at radius 1 is 0.875 bits per heavy atom. The third-order valence-corrected chi connectivity index (χ3v) is 10.5. The molecule has 1 heterocycles. The van der Waals surface area contributed by atoms with Crippen LogP contribution in [0.4, 0.5) is 5.13 Å². The molecular weight excluding hydrogens is 540 g/mol. The summed E-state index contributed by atoms with van der Waals surface area (Å²) in [6, 6.07) is 8.00. The third-order valence-electron chi connectivity index (χ3n) is 7.20. The van der Waals surface area contributed by atoms with Gasteiger partial charge in [0.25, 0.3) is 5.91 Å². The van der Waals surface area contributed by atoms with Gasteiger partial charge >= 0.3 is 0 Å². The normalized spacial score (nSPS) is 12.4. The van der Waals surface area contributed by atoms with Crippen molar-refractivity contribution in [3.63, 3.8) is 0 Å². The van der Waals surface area contributed by atoms with Gasteiger partial charge in [0.15, 0.2) is 21.1 Å². The number of ether oxygens (including phenoxy) is 1. The van der Waals surface area contributed by atoms with Gasteiger partial charge in [-0.1, -0.05) is 128 Å².